The highest BCUT2D eigenvalue weighted by Gasteiger charge is 2.33. The van der Waals surface area contributed by atoms with E-state index in [0.29, 0.717) is 28.5 Å². The molecule has 0 fully saturated rings. The van der Waals surface area contributed by atoms with E-state index in [4.69, 9.17) is 21.1 Å². The van der Waals surface area contributed by atoms with Gasteiger partial charge < -0.3 is 19.7 Å². The molecule has 0 aliphatic carbocycles. The van der Waals surface area contributed by atoms with Crippen molar-refractivity contribution in [1.82, 2.24) is 10.2 Å². The van der Waals surface area contributed by atoms with Gasteiger partial charge in [-0.2, -0.15) is 0 Å². The SMILES string of the molecule is CCC(C)NC(=O)C(C)N(Cc1cccc(Cl)c1)C(=O)CN(c1ccc(OC)c(OC)c1)S(=O)(=O)c1ccccc1. The Morgan fingerprint density at radius 1 is 0.927 bits per heavy atom. The van der Waals surface area contributed by atoms with Gasteiger partial charge in [0.25, 0.3) is 10.0 Å². The number of carbonyl (C=O) groups is 2. The number of nitrogens with zero attached hydrogens (tertiary/aromatic N) is 2. The zero-order valence-corrected chi connectivity index (χ0v) is 25.4. The van der Waals surface area contributed by atoms with Crippen LogP contribution in [0.15, 0.2) is 77.7 Å². The van der Waals surface area contributed by atoms with E-state index in [0.717, 1.165) is 4.31 Å². The van der Waals surface area contributed by atoms with E-state index in [1.807, 2.05) is 13.8 Å². The van der Waals surface area contributed by atoms with Crippen LogP contribution in [-0.4, -0.2) is 58.0 Å². The van der Waals surface area contributed by atoms with Gasteiger partial charge in [0.2, 0.25) is 11.8 Å². The lowest BCUT2D eigenvalue weighted by atomic mass is 10.1. The van der Waals surface area contributed by atoms with E-state index in [1.165, 1.54) is 43.4 Å². The van der Waals surface area contributed by atoms with Crippen LogP contribution in [0.25, 0.3) is 0 Å². The molecule has 0 bridgehead atoms. The minimum atomic E-state index is -4.21. The lowest BCUT2D eigenvalue weighted by Gasteiger charge is -2.32. The largest absolute Gasteiger partial charge is 0.493 e. The molecule has 11 heteroatoms. The molecule has 2 unspecified atom stereocenters. The van der Waals surface area contributed by atoms with Gasteiger partial charge in [0.05, 0.1) is 24.8 Å². The second-order valence-electron chi connectivity index (χ2n) is 9.51. The van der Waals surface area contributed by atoms with Crippen molar-refractivity contribution in [2.24, 2.45) is 0 Å². The van der Waals surface area contributed by atoms with Crippen LogP contribution in [0.4, 0.5) is 5.69 Å². The standard InChI is InChI=1S/C30H36ClN3O6S/c1-6-21(2)32-30(36)22(3)33(19-23-11-10-12-24(31)17-23)29(35)20-34(41(37,38)26-13-8-7-9-14-26)25-15-16-27(39-4)28(18-25)40-5/h7-18,21-22H,6,19-20H2,1-5H3,(H,32,36). The Morgan fingerprint density at radius 3 is 2.22 bits per heavy atom. The number of carbonyl (C=O) groups excluding carboxylic acids is 2. The molecular formula is C30H36ClN3O6S. The minimum Gasteiger partial charge on any atom is -0.493 e. The highest BCUT2D eigenvalue weighted by molar-refractivity contribution is 7.92. The number of hydrogen-bond acceptors (Lipinski definition) is 6. The van der Waals surface area contributed by atoms with Gasteiger partial charge in [0.15, 0.2) is 11.5 Å². The summed E-state index contributed by atoms with van der Waals surface area (Å²) < 4.78 is 39.6. The second-order valence-corrected chi connectivity index (χ2v) is 11.8. The van der Waals surface area contributed by atoms with Crippen LogP contribution in [0.5, 0.6) is 11.5 Å². The summed E-state index contributed by atoms with van der Waals surface area (Å²) >= 11 is 6.19. The van der Waals surface area contributed by atoms with Crippen LogP contribution >= 0.6 is 11.6 Å². The molecule has 0 heterocycles. The molecule has 41 heavy (non-hydrogen) atoms. The van der Waals surface area contributed by atoms with Gasteiger partial charge in [0.1, 0.15) is 12.6 Å². The Bertz CT molecular complexity index is 1450. The molecule has 3 aromatic carbocycles. The summed E-state index contributed by atoms with van der Waals surface area (Å²) in [5.41, 5.74) is 0.886. The molecule has 3 aromatic rings. The highest BCUT2D eigenvalue weighted by atomic mass is 35.5. The predicted octanol–water partition coefficient (Wildman–Crippen LogP) is 4.88. The molecule has 2 amide bonds. The Balaban J connectivity index is 2.07. The first-order valence-corrected chi connectivity index (χ1v) is 15.0. The van der Waals surface area contributed by atoms with E-state index in [-0.39, 0.29) is 29.1 Å². The molecule has 0 spiro atoms. The zero-order valence-electron chi connectivity index (χ0n) is 23.8. The van der Waals surface area contributed by atoms with Crippen molar-refractivity contribution < 1.29 is 27.5 Å². The van der Waals surface area contributed by atoms with Gasteiger partial charge in [-0.05, 0) is 62.2 Å². The summed E-state index contributed by atoms with van der Waals surface area (Å²) in [5.74, 6) is -0.232. The van der Waals surface area contributed by atoms with Crippen LogP contribution in [-0.2, 0) is 26.2 Å². The number of ether oxygens (including phenoxy) is 2. The zero-order chi connectivity index (χ0) is 30.2. The quantitative estimate of drug-likeness (QED) is 0.299. The summed E-state index contributed by atoms with van der Waals surface area (Å²) in [6.07, 6.45) is 0.711. The second kappa shape index (κ2) is 14.2. The molecule has 0 saturated carbocycles. The van der Waals surface area contributed by atoms with Crippen molar-refractivity contribution in [3.8, 4) is 11.5 Å². The van der Waals surface area contributed by atoms with Gasteiger partial charge in [0, 0.05) is 23.7 Å². The number of sulfonamides is 1. The molecule has 0 aliphatic heterocycles. The average molecular weight is 602 g/mol. The van der Waals surface area contributed by atoms with E-state index in [2.05, 4.69) is 5.32 Å². The molecule has 3 rings (SSSR count). The fourth-order valence-electron chi connectivity index (χ4n) is 4.11. The molecule has 1 N–H and O–H groups in total. The van der Waals surface area contributed by atoms with Crippen molar-refractivity contribution in [3.63, 3.8) is 0 Å². The number of anilines is 1. The number of benzene rings is 3. The third-order valence-electron chi connectivity index (χ3n) is 6.68. The smallest absolute Gasteiger partial charge is 0.264 e. The molecule has 0 radical (unpaired) electrons. The van der Waals surface area contributed by atoms with Crippen LogP contribution in [0.1, 0.15) is 32.8 Å². The summed E-state index contributed by atoms with van der Waals surface area (Å²) in [4.78, 5) is 28.5. The number of nitrogens with one attached hydrogen (secondary N) is 1. The molecule has 9 nitrogen and oxygen atoms in total. The van der Waals surface area contributed by atoms with Crippen molar-refractivity contribution in [3.05, 3.63) is 83.4 Å². The molecule has 2 atom stereocenters. The minimum absolute atomic E-state index is 0.00605. The first-order valence-electron chi connectivity index (χ1n) is 13.2. The maximum absolute atomic E-state index is 14.0. The summed E-state index contributed by atoms with van der Waals surface area (Å²) in [7, 11) is -1.30. The van der Waals surface area contributed by atoms with E-state index in [9.17, 15) is 18.0 Å². The Hall–Kier alpha value is -3.76. The summed E-state index contributed by atoms with van der Waals surface area (Å²) in [6, 6.07) is 18.4. The lowest BCUT2D eigenvalue weighted by Crippen LogP contribution is -2.52. The van der Waals surface area contributed by atoms with Crippen molar-refractivity contribution >= 4 is 39.1 Å². The van der Waals surface area contributed by atoms with Crippen molar-refractivity contribution in [2.75, 3.05) is 25.1 Å². The highest BCUT2D eigenvalue weighted by Crippen LogP contribution is 2.34. The van der Waals surface area contributed by atoms with Crippen molar-refractivity contribution in [1.29, 1.82) is 0 Å². The third-order valence-corrected chi connectivity index (χ3v) is 8.70. The van der Waals surface area contributed by atoms with Gasteiger partial charge in [-0.15, -0.1) is 0 Å². The molecule has 0 aromatic heterocycles. The van der Waals surface area contributed by atoms with Crippen LogP contribution in [0.2, 0.25) is 5.02 Å². The van der Waals surface area contributed by atoms with E-state index < -0.39 is 28.5 Å². The topological polar surface area (TPSA) is 105 Å². The summed E-state index contributed by atoms with van der Waals surface area (Å²) in [6.45, 7) is 4.90. The number of methoxy groups -OCH3 is 2. The maximum Gasteiger partial charge on any atom is 0.264 e. The van der Waals surface area contributed by atoms with Crippen molar-refractivity contribution in [2.45, 2.75) is 50.7 Å². The van der Waals surface area contributed by atoms with Crippen LogP contribution in [0, 0.1) is 0 Å². The first-order chi connectivity index (χ1) is 19.5. The van der Waals surface area contributed by atoms with Gasteiger partial charge in [-0.3, -0.25) is 13.9 Å². The number of halogens is 1. The Labute approximate surface area is 247 Å². The fourth-order valence-corrected chi connectivity index (χ4v) is 5.75. The number of hydrogen-bond donors (Lipinski definition) is 1. The molecule has 0 aliphatic rings. The average Bonchev–Trinajstić information content (AvgIpc) is 2.98. The first kappa shape index (κ1) is 31.8. The van der Waals surface area contributed by atoms with E-state index in [1.54, 1.807) is 55.5 Å². The van der Waals surface area contributed by atoms with Crippen LogP contribution in [0.3, 0.4) is 0 Å². The van der Waals surface area contributed by atoms with Gasteiger partial charge in [-0.25, -0.2) is 8.42 Å². The van der Waals surface area contributed by atoms with Gasteiger partial charge >= 0.3 is 0 Å². The fraction of sp³-hybridized carbons (Fsp3) is 0.333. The molecule has 220 valence electrons. The Morgan fingerprint density at radius 2 is 1.61 bits per heavy atom. The normalized spacial score (nSPS) is 12.6. The number of amides is 2. The Kier molecular flexibility index (Phi) is 11.0. The molecule has 0 saturated heterocycles. The van der Waals surface area contributed by atoms with E-state index >= 15 is 0 Å². The predicted molar refractivity (Wildman–Crippen MR) is 160 cm³/mol. The monoisotopic (exact) mass is 601 g/mol. The number of rotatable bonds is 13. The lowest BCUT2D eigenvalue weighted by molar-refractivity contribution is -0.139. The summed E-state index contributed by atoms with van der Waals surface area (Å²) in [5, 5.41) is 3.39. The van der Waals surface area contributed by atoms with Gasteiger partial charge in [-0.1, -0.05) is 48.9 Å². The molecular weight excluding hydrogens is 566 g/mol. The third kappa shape index (κ3) is 7.92. The maximum atomic E-state index is 14.0. The van der Waals surface area contributed by atoms with Crippen LogP contribution < -0.4 is 19.1 Å².